The summed E-state index contributed by atoms with van der Waals surface area (Å²) in [5, 5.41) is 14.5. The number of fused-ring (bicyclic) bond motifs is 1. The summed E-state index contributed by atoms with van der Waals surface area (Å²) in [4.78, 5) is 18.0. The summed E-state index contributed by atoms with van der Waals surface area (Å²) in [5.74, 6) is -0.241. The fourth-order valence-electron chi connectivity index (χ4n) is 3.07. The van der Waals surface area contributed by atoms with Crippen molar-refractivity contribution in [2.24, 2.45) is 13.0 Å². The van der Waals surface area contributed by atoms with E-state index in [1.807, 2.05) is 7.05 Å². The first-order valence-electron chi connectivity index (χ1n) is 7.37. The standard InChI is InChI=1S/C15H20N4O2/c1-10-4-3-6-19(7-5-10)13-11-9-17-18(2)14(11)16-8-12(13)15(20)21/h8-10H,3-7H2,1-2H3,(H,20,21). The number of rotatable bonds is 2. The molecule has 21 heavy (non-hydrogen) atoms. The molecule has 0 bridgehead atoms. The predicted molar refractivity (Wildman–Crippen MR) is 80.7 cm³/mol. The van der Waals surface area contributed by atoms with E-state index in [0.717, 1.165) is 42.7 Å². The monoisotopic (exact) mass is 288 g/mol. The number of aromatic carboxylic acids is 1. The molecule has 3 heterocycles. The summed E-state index contributed by atoms with van der Waals surface area (Å²) >= 11 is 0. The molecule has 0 radical (unpaired) electrons. The minimum Gasteiger partial charge on any atom is -0.478 e. The maximum Gasteiger partial charge on any atom is 0.339 e. The van der Waals surface area contributed by atoms with Crippen LogP contribution in [0.3, 0.4) is 0 Å². The number of hydrogen-bond donors (Lipinski definition) is 1. The third-order valence-electron chi connectivity index (χ3n) is 4.30. The summed E-state index contributed by atoms with van der Waals surface area (Å²) in [5.41, 5.74) is 1.77. The molecule has 112 valence electrons. The third-order valence-corrected chi connectivity index (χ3v) is 4.30. The molecule has 1 atom stereocenters. The van der Waals surface area contributed by atoms with Crippen molar-refractivity contribution in [2.45, 2.75) is 26.2 Å². The Morgan fingerprint density at radius 2 is 2.14 bits per heavy atom. The predicted octanol–water partition coefficient (Wildman–Crippen LogP) is 2.29. The molecule has 1 fully saturated rings. The first-order valence-corrected chi connectivity index (χ1v) is 7.37. The Hall–Kier alpha value is -2.11. The zero-order valence-corrected chi connectivity index (χ0v) is 12.4. The number of hydrogen-bond acceptors (Lipinski definition) is 4. The lowest BCUT2D eigenvalue weighted by atomic mass is 10.0. The van der Waals surface area contributed by atoms with E-state index in [4.69, 9.17) is 0 Å². The highest BCUT2D eigenvalue weighted by Gasteiger charge is 2.23. The number of aryl methyl sites for hydroxylation is 1. The Labute approximate surface area is 123 Å². The van der Waals surface area contributed by atoms with Gasteiger partial charge in [-0.25, -0.2) is 9.78 Å². The van der Waals surface area contributed by atoms with E-state index in [1.54, 1.807) is 10.9 Å². The van der Waals surface area contributed by atoms with Crippen LogP contribution in [0.15, 0.2) is 12.4 Å². The number of pyridine rings is 1. The highest BCUT2D eigenvalue weighted by atomic mass is 16.4. The molecular weight excluding hydrogens is 268 g/mol. The van der Waals surface area contributed by atoms with Gasteiger partial charge in [-0.3, -0.25) is 4.68 Å². The maximum absolute atomic E-state index is 11.6. The van der Waals surface area contributed by atoms with E-state index in [-0.39, 0.29) is 5.56 Å². The van der Waals surface area contributed by atoms with E-state index >= 15 is 0 Å². The van der Waals surface area contributed by atoms with Crippen molar-refractivity contribution in [3.63, 3.8) is 0 Å². The van der Waals surface area contributed by atoms with Gasteiger partial charge in [-0.2, -0.15) is 5.10 Å². The molecular formula is C15H20N4O2. The molecule has 3 rings (SSSR count). The van der Waals surface area contributed by atoms with E-state index in [2.05, 4.69) is 21.9 Å². The summed E-state index contributed by atoms with van der Waals surface area (Å²) in [6.45, 7) is 4.03. The molecule has 1 saturated heterocycles. The molecule has 6 nitrogen and oxygen atoms in total. The van der Waals surface area contributed by atoms with Gasteiger partial charge in [0, 0.05) is 26.3 Å². The van der Waals surface area contributed by atoms with Gasteiger partial charge in [-0.15, -0.1) is 0 Å². The molecule has 6 heteroatoms. The van der Waals surface area contributed by atoms with Crippen molar-refractivity contribution in [2.75, 3.05) is 18.0 Å². The zero-order chi connectivity index (χ0) is 15.0. The molecule has 0 spiro atoms. The smallest absolute Gasteiger partial charge is 0.339 e. The van der Waals surface area contributed by atoms with Crippen LogP contribution in [0.2, 0.25) is 0 Å². The van der Waals surface area contributed by atoms with Crippen LogP contribution in [-0.4, -0.2) is 38.9 Å². The number of anilines is 1. The molecule has 1 aliphatic rings. The van der Waals surface area contributed by atoms with Gasteiger partial charge in [0.1, 0.15) is 5.56 Å². The average molecular weight is 288 g/mol. The summed E-state index contributed by atoms with van der Waals surface area (Å²) in [7, 11) is 1.82. The number of nitrogens with zero attached hydrogens (tertiary/aromatic N) is 4. The van der Waals surface area contributed by atoms with Gasteiger partial charge in [-0.1, -0.05) is 6.92 Å². The van der Waals surface area contributed by atoms with Crippen molar-refractivity contribution in [3.8, 4) is 0 Å². The number of carboxylic acids is 1. The lowest BCUT2D eigenvalue weighted by Gasteiger charge is -2.25. The van der Waals surface area contributed by atoms with E-state index in [0.29, 0.717) is 5.92 Å². The second kappa shape index (κ2) is 5.35. The molecule has 1 aliphatic heterocycles. The Morgan fingerprint density at radius 1 is 1.33 bits per heavy atom. The van der Waals surface area contributed by atoms with Gasteiger partial charge >= 0.3 is 5.97 Å². The Bertz CT molecular complexity index is 680. The van der Waals surface area contributed by atoms with Crippen LogP contribution in [0.1, 0.15) is 36.5 Å². The first kappa shape index (κ1) is 13.9. The lowest BCUT2D eigenvalue weighted by Crippen LogP contribution is -2.26. The van der Waals surface area contributed by atoms with E-state index < -0.39 is 5.97 Å². The van der Waals surface area contributed by atoms with Crippen molar-refractivity contribution in [1.29, 1.82) is 0 Å². The van der Waals surface area contributed by atoms with Gasteiger partial charge < -0.3 is 10.0 Å². The maximum atomic E-state index is 11.6. The highest BCUT2D eigenvalue weighted by Crippen LogP contribution is 2.32. The van der Waals surface area contributed by atoms with Crippen LogP contribution in [0.4, 0.5) is 5.69 Å². The fourth-order valence-corrected chi connectivity index (χ4v) is 3.07. The Kier molecular flexibility index (Phi) is 3.53. The fraction of sp³-hybridized carbons (Fsp3) is 0.533. The topological polar surface area (TPSA) is 71.2 Å². The van der Waals surface area contributed by atoms with Crippen LogP contribution < -0.4 is 4.90 Å². The van der Waals surface area contributed by atoms with E-state index in [9.17, 15) is 9.90 Å². The SMILES string of the molecule is CC1CCCN(c2c(C(=O)O)cnc3c2cnn3C)CC1. The molecule has 2 aromatic rings. The minimum absolute atomic E-state index is 0.269. The lowest BCUT2D eigenvalue weighted by molar-refractivity contribution is 0.0697. The van der Waals surface area contributed by atoms with Crippen molar-refractivity contribution in [1.82, 2.24) is 14.8 Å². The Morgan fingerprint density at radius 3 is 2.90 bits per heavy atom. The summed E-state index contributed by atoms with van der Waals surface area (Å²) < 4.78 is 1.69. The minimum atomic E-state index is -0.930. The third kappa shape index (κ3) is 2.46. The molecule has 2 aromatic heterocycles. The van der Waals surface area contributed by atoms with Gasteiger partial charge in [0.05, 0.1) is 17.3 Å². The average Bonchev–Trinajstić information content (AvgIpc) is 2.69. The second-order valence-corrected chi connectivity index (χ2v) is 5.85. The van der Waals surface area contributed by atoms with E-state index in [1.165, 1.54) is 12.6 Å². The summed E-state index contributed by atoms with van der Waals surface area (Å²) in [6.07, 6.45) is 6.54. The summed E-state index contributed by atoms with van der Waals surface area (Å²) in [6, 6.07) is 0. The molecule has 0 aliphatic carbocycles. The van der Waals surface area contributed by atoms with Crippen molar-refractivity contribution < 1.29 is 9.90 Å². The number of carbonyl (C=O) groups is 1. The van der Waals surface area contributed by atoms with Gasteiger partial charge in [-0.05, 0) is 25.2 Å². The van der Waals surface area contributed by atoms with Gasteiger partial charge in [0.25, 0.3) is 0 Å². The van der Waals surface area contributed by atoms with Crippen LogP contribution in [0.5, 0.6) is 0 Å². The van der Waals surface area contributed by atoms with Crippen molar-refractivity contribution >= 4 is 22.7 Å². The molecule has 1 N–H and O–H groups in total. The molecule has 0 amide bonds. The van der Waals surface area contributed by atoms with Gasteiger partial charge in [0.2, 0.25) is 0 Å². The van der Waals surface area contributed by atoms with Crippen LogP contribution in [-0.2, 0) is 7.05 Å². The Balaban J connectivity index is 2.13. The molecule has 0 saturated carbocycles. The quantitative estimate of drug-likeness (QED) is 0.918. The van der Waals surface area contributed by atoms with Crippen molar-refractivity contribution in [3.05, 3.63) is 18.0 Å². The highest BCUT2D eigenvalue weighted by molar-refractivity contribution is 6.03. The first-order chi connectivity index (χ1) is 10.1. The zero-order valence-electron chi connectivity index (χ0n) is 12.4. The second-order valence-electron chi connectivity index (χ2n) is 5.85. The normalized spacial score (nSPS) is 19.7. The number of aromatic nitrogens is 3. The van der Waals surface area contributed by atoms with Crippen LogP contribution >= 0.6 is 0 Å². The van der Waals surface area contributed by atoms with Crippen LogP contribution in [0, 0.1) is 5.92 Å². The largest absolute Gasteiger partial charge is 0.478 e. The van der Waals surface area contributed by atoms with Crippen LogP contribution in [0.25, 0.3) is 11.0 Å². The van der Waals surface area contributed by atoms with Gasteiger partial charge in [0.15, 0.2) is 5.65 Å². The molecule has 0 aromatic carbocycles. The number of carboxylic acid groups (broad SMARTS) is 1. The molecule has 1 unspecified atom stereocenters.